The number of carbonyl (C=O) groups is 4. The quantitative estimate of drug-likeness (QED) is 0.184. The monoisotopic (exact) mass is 793 g/mol. The molecule has 2 N–H and O–H groups in total. The smallest absolute Gasteiger partial charge is 0.266 e. The molecule has 1 unspecified atom stereocenters. The van der Waals surface area contributed by atoms with E-state index in [0.717, 1.165) is 15.8 Å². The first-order valence-electron chi connectivity index (χ1n) is 18.7. The number of piperidine rings is 1. The maximum atomic E-state index is 13.5. The third-order valence-corrected chi connectivity index (χ3v) is 13.4. The summed E-state index contributed by atoms with van der Waals surface area (Å²) in [6, 6.07) is 9.43. The highest BCUT2D eigenvalue weighted by molar-refractivity contribution is 7.93. The van der Waals surface area contributed by atoms with Crippen molar-refractivity contribution in [1.29, 1.82) is 4.78 Å². The largest absolute Gasteiger partial charge is 0.486 e. The molecule has 2 saturated heterocycles. The molecular formula is C38H39N11O7S. The molecule has 4 amide bonds. The molecule has 4 aromatic heterocycles. The summed E-state index contributed by atoms with van der Waals surface area (Å²) in [5, 5.41) is 11.4. The lowest BCUT2D eigenvalue weighted by molar-refractivity contribution is -0.136. The lowest BCUT2D eigenvalue weighted by Crippen LogP contribution is -2.54. The standard InChI is InChI=1S/C38H39N11O7S/c1-22-20-55-17-16-47(22)30-18-29(38(10-11-38)57(2,39)54)42-33(43-30)24-8-12-40-34-25(24)9-13-46(34)14-15-48-23(19-41-45-48)21-56-28-5-3-4-26-32(28)37(53)49(36(26)52)27-6-7-31(50)44-35(27)51/h3-5,8-9,12-13,18-19,22,27,39H,6-7,10-11,14-17,20-21H2,1-2H3,(H,44,50,51)/t22-,27?,57-/m1/s1. The third-order valence-electron chi connectivity index (χ3n) is 11.3. The van der Waals surface area contributed by atoms with E-state index in [9.17, 15) is 23.4 Å². The zero-order valence-electron chi connectivity index (χ0n) is 31.2. The Balaban J connectivity index is 0.944. The SMILES string of the molecule is C[C@@H]1COCCN1c1cc(C2([S@](C)(=N)=O)CC2)nc(-c2ccnc3c2ccn3CCn2nncc2COc2cccc3c2C(=O)N(C2CCC(=O)NC2=O)C3=O)n1. The van der Waals surface area contributed by atoms with Gasteiger partial charge in [0.05, 0.1) is 69.0 Å². The molecule has 18 nitrogen and oxygen atoms in total. The van der Waals surface area contributed by atoms with E-state index in [1.54, 1.807) is 29.2 Å². The number of rotatable bonds is 11. The van der Waals surface area contributed by atoms with Crippen LogP contribution in [0.15, 0.2) is 55.0 Å². The van der Waals surface area contributed by atoms with Crippen molar-refractivity contribution < 1.29 is 32.9 Å². The summed E-state index contributed by atoms with van der Waals surface area (Å²) in [6.07, 6.45) is 8.03. The maximum absolute atomic E-state index is 13.5. The molecule has 0 spiro atoms. The molecule has 1 aliphatic carbocycles. The Morgan fingerprint density at radius 2 is 1.91 bits per heavy atom. The van der Waals surface area contributed by atoms with Crippen LogP contribution in [-0.4, -0.2) is 105 Å². The molecule has 9 rings (SSSR count). The van der Waals surface area contributed by atoms with Gasteiger partial charge in [0, 0.05) is 55.2 Å². The second-order valence-corrected chi connectivity index (χ2v) is 17.3. The Morgan fingerprint density at radius 1 is 1.07 bits per heavy atom. The van der Waals surface area contributed by atoms with Crippen LogP contribution in [0.4, 0.5) is 5.82 Å². The van der Waals surface area contributed by atoms with Crippen LogP contribution in [0.25, 0.3) is 22.4 Å². The van der Waals surface area contributed by atoms with E-state index in [1.165, 1.54) is 12.3 Å². The number of pyridine rings is 1. The van der Waals surface area contributed by atoms with E-state index in [4.69, 9.17) is 29.2 Å². The molecule has 4 aliphatic rings. The van der Waals surface area contributed by atoms with E-state index < -0.39 is 44.1 Å². The fourth-order valence-corrected chi connectivity index (χ4v) is 9.35. The Labute approximate surface area is 326 Å². The molecule has 7 heterocycles. The zero-order chi connectivity index (χ0) is 39.6. The van der Waals surface area contributed by atoms with Crippen molar-refractivity contribution in [3.63, 3.8) is 0 Å². The minimum atomic E-state index is -2.94. The van der Waals surface area contributed by atoms with Crippen molar-refractivity contribution in [2.75, 3.05) is 30.9 Å². The lowest BCUT2D eigenvalue weighted by atomic mass is 10.0. The third kappa shape index (κ3) is 6.30. The predicted octanol–water partition coefficient (Wildman–Crippen LogP) is 2.66. The van der Waals surface area contributed by atoms with E-state index >= 15 is 0 Å². The van der Waals surface area contributed by atoms with Crippen LogP contribution in [0.1, 0.15) is 64.7 Å². The Morgan fingerprint density at radius 3 is 2.68 bits per heavy atom. The zero-order valence-corrected chi connectivity index (χ0v) is 32.0. The number of morpholine rings is 1. The van der Waals surface area contributed by atoms with Gasteiger partial charge in [0.1, 0.15) is 29.9 Å². The van der Waals surface area contributed by atoms with Gasteiger partial charge < -0.3 is 18.9 Å². The number of anilines is 1. The van der Waals surface area contributed by atoms with Crippen molar-refractivity contribution >= 4 is 50.2 Å². The average molecular weight is 794 g/mol. The van der Waals surface area contributed by atoms with E-state index in [1.807, 2.05) is 29.0 Å². The molecule has 1 saturated carbocycles. The molecule has 3 aliphatic heterocycles. The summed E-state index contributed by atoms with van der Waals surface area (Å²) >= 11 is 0. The summed E-state index contributed by atoms with van der Waals surface area (Å²) in [7, 11) is -2.94. The van der Waals surface area contributed by atoms with Crippen LogP contribution in [0.3, 0.4) is 0 Å². The number of aromatic nitrogens is 7. The first kappa shape index (κ1) is 36.6. The minimum Gasteiger partial charge on any atom is -0.486 e. The Kier molecular flexibility index (Phi) is 8.87. The van der Waals surface area contributed by atoms with Crippen LogP contribution < -0.4 is 15.0 Å². The van der Waals surface area contributed by atoms with Gasteiger partial charge in [-0.3, -0.25) is 34.2 Å². The number of nitrogens with one attached hydrogen (secondary N) is 2. The van der Waals surface area contributed by atoms with Crippen LogP contribution >= 0.6 is 0 Å². The number of imide groups is 2. The molecule has 3 fully saturated rings. The average Bonchev–Trinajstić information content (AvgIpc) is 3.65. The fourth-order valence-electron chi connectivity index (χ4n) is 7.96. The highest BCUT2D eigenvalue weighted by Crippen LogP contribution is 2.53. The number of nitrogens with zero attached hydrogens (tertiary/aromatic N) is 9. The van der Waals surface area contributed by atoms with Gasteiger partial charge in [-0.1, -0.05) is 11.3 Å². The van der Waals surface area contributed by atoms with Crippen molar-refractivity contribution in [1.82, 2.24) is 44.7 Å². The molecular weight excluding hydrogens is 755 g/mol. The maximum Gasteiger partial charge on any atom is 0.266 e. The van der Waals surface area contributed by atoms with Crippen molar-refractivity contribution in [2.45, 2.75) is 69.1 Å². The number of amides is 4. The number of benzene rings is 1. The first-order chi connectivity index (χ1) is 27.4. The van der Waals surface area contributed by atoms with Gasteiger partial charge in [-0.05, 0) is 50.5 Å². The molecule has 0 bridgehead atoms. The van der Waals surface area contributed by atoms with E-state index in [2.05, 4.69) is 27.5 Å². The van der Waals surface area contributed by atoms with Crippen LogP contribution in [-0.2, 0) is 48.5 Å². The molecule has 3 atom stereocenters. The predicted molar refractivity (Wildman–Crippen MR) is 204 cm³/mol. The van der Waals surface area contributed by atoms with Crippen LogP contribution in [0, 0.1) is 4.78 Å². The van der Waals surface area contributed by atoms with Gasteiger partial charge in [0.15, 0.2) is 5.82 Å². The summed E-state index contributed by atoms with van der Waals surface area (Å²) in [6.45, 7) is 4.69. The van der Waals surface area contributed by atoms with E-state index in [-0.39, 0.29) is 42.4 Å². The van der Waals surface area contributed by atoms with Crippen molar-refractivity contribution in [3.8, 4) is 17.1 Å². The van der Waals surface area contributed by atoms with Gasteiger partial charge in [-0.15, -0.1) is 5.10 Å². The van der Waals surface area contributed by atoms with Gasteiger partial charge >= 0.3 is 0 Å². The summed E-state index contributed by atoms with van der Waals surface area (Å²) in [5.74, 6) is -1.03. The fraction of sp³-hybridized carbons (Fsp3) is 0.395. The van der Waals surface area contributed by atoms with Gasteiger partial charge in [-0.2, -0.15) is 0 Å². The minimum absolute atomic E-state index is 0.0140. The normalized spacial score (nSPS) is 21.4. The number of hydrogen-bond donors (Lipinski definition) is 2. The second kappa shape index (κ2) is 13.8. The van der Waals surface area contributed by atoms with Crippen LogP contribution in [0.2, 0.25) is 0 Å². The Bertz CT molecular complexity index is 2600. The number of carbonyl (C=O) groups excluding carboxylic acids is 4. The second-order valence-electron chi connectivity index (χ2n) is 14.9. The van der Waals surface area contributed by atoms with Gasteiger partial charge in [0.2, 0.25) is 11.8 Å². The molecule has 5 aromatic rings. The molecule has 294 valence electrons. The molecule has 1 aromatic carbocycles. The van der Waals surface area contributed by atoms with Crippen LogP contribution in [0.5, 0.6) is 5.75 Å². The topological polar surface area (TPSA) is 220 Å². The number of fused-ring (bicyclic) bond motifs is 2. The number of aryl methyl sites for hydroxylation is 2. The molecule has 0 radical (unpaired) electrons. The molecule has 57 heavy (non-hydrogen) atoms. The van der Waals surface area contributed by atoms with Gasteiger partial charge in [0.25, 0.3) is 11.8 Å². The number of ether oxygens (including phenoxy) is 2. The van der Waals surface area contributed by atoms with E-state index in [0.29, 0.717) is 74.4 Å². The lowest BCUT2D eigenvalue weighted by Gasteiger charge is -2.35. The van der Waals surface area contributed by atoms with Gasteiger partial charge in [-0.25, -0.2) is 23.8 Å². The number of hydrogen-bond acceptors (Lipinski definition) is 14. The summed E-state index contributed by atoms with van der Waals surface area (Å²) in [5.41, 5.74) is 2.88. The highest BCUT2D eigenvalue weighted by Gasteiger charge is 2.53. The Hall–Kier alpha value is -6.08. The van der Waals surface area contributed by atoms with Crippen molar-refractivity contribution in [2.24, 2.45) is 0 Å². The van der Waals surface area contributed by atoms with Crippen molar-refractivity contribution in [3.05, 3.63) is 77.5 Å². The summed E-state index contributed by atoms with van der Waals surface area (Å²) in [4.78, 5) is 68.8. The molecule has 19 heteroatoms. The first-order valence-corrected chi connectivity index (χ1v) is 20.7. The highest BCUT2D eigenvalue weighted by atomic mass is 32.2. The summed E-state index contributed by atoms with van der Waals surface area (Å²) < 4.78 is 36.4.